The maximum absolute atomic E-state index is 13.3. The standard InChI is InChI=1S/C28H22Cl2N2O6/c1-3-38-24-14-16(13-23(30)20(24)15-18-6-4-5-7-22(18)29)12-21-25(33)31-28(36)32(26(21)34)19-10-8-17(9-11-19)27(35)37-2/h4-14H,3,15H2,1-2H3,(H,31,33,36)/b21-12+. The molecule has 1 N–H and O–H groups in total. The van der Waals surface area contributed by atoms with E-state index in [-0.39, 0.29) is 16.8 Å². The summed E-state index contributed by atoms with van der Waals surface area (Å²) >= 11 is 12.9. The Kier molecular flexibility index (Phi) is 8.14. The van der Waals surface area contributed by atoms with E-state index in [1.165, 1.54) is 37.5 Å². The summed E-state index contributed by atoms with van der Waals surface area (Å²) in [5.74, 6) is -1.78. The predicted molar refractivity (Wildman–Crippen MR) is 144 cm³/mol. The summed E-state index contributed by atoms with van der Waals surface area (Å²) in [6.07, 6.45) is 1.75. The fourth-order valence-corrected chi connectivity index (χ4v) is 4.41. The van der Waals surface area contributed by atoms with Gasteiger partial charge in [-0.1, -0.05) is 41.4 Å². The molecule has 0 unspecified atom stereocenters. The lowest BCUT2D eigenvalue weighted by molar-refractivity contribution is -0.122. The van der Waals surface area contributed by atoms with Gasteiger partial charge in [0.2, 0.25) is 0 Å². The normalized spacial score (nSPS) is 14.5. The highest BCUT2D eigenvalue weighted by Crippen LogP contribution is 2.34. The van der Waals surface area contributed by atoms with E-state index in [4.69, 9.17) is 27.9 Å². The Morgan fingerprint density at radius 1 is 1.00 bits per heavy atom. The second-order valence-corrected chi connectivity index (χ2v) is 8.99. The Bertz CT molecular complexity index is 1470. The van der Waals surface area contributed by atoms with Crippen LogP contribution >= 0.6 is 23.2 Å². The van der Waals surface area contributed by atoms with Gasteiger partial charge in [0, 0.05) is 22.0 Å². The number of hydrogen-bond donors (Lipinski definition) is 1. The number of carbonyl (C=O) groups is 4. The number of barbiturate groups is 1. The van der Waals surface area contributed by atoms with Crippen molar-refractivity contribution in [2.75, 3.05) is 18.6 Å². The summed E-state index contributed by atoms with van der Waals surface area (Å²) < 4.78 is 10.5. The largest absolute Gasteiger partial charge is 0.494 e. The number of halogens is 2. The molecule has 38 heavy (non-hydrogen) atoms. The molecule has 0 spiro atoms. The predicted octanol–water partition coefficient (Wildman–Crippen LogP) is 5.44. The average Bonchev–Trinajstić information content (AvgIpc) is 2.89. The molecule has 3 aromatic carbocycles. The zero-order valence-corrected chi connectivity index (χ0v) is 21.9. The Hall–Kier alpha value is -4.14. The minimum atomic E-state index is -0.911. The lowest BCUT2D eigenvalue weighted by Gasteiger charge is -2.26. The average molecular weight is 553 g/mol. The van der Waals surface area contributed by atoms with Crippen molar-refractivity contribution in [3.8, 4) is 5.75 Å². The summed E-state index contributed by atoms with van der Waals surface area (Å²) in [5, 5.41) is 3.12. The first-order chi connectivity index (χ1) is 18.2. The van der Waals surface area contributed by atoms with Crippen molar-refractivity contribution < 1.29 is 28.7 Å². The Labute approximate surface area is 228 Å². The maximum Gasteiger partial charge on any atom is 0.337 e. The quantitative estimate of drug-likeness (QED) is 0.238. The van der Waals surface area contributed by atoms with Gasteiger partial charge in [0.05, 0.1) is 25.0 Å². The van der Waals surface area contributed by atoms with Crippen LogP contribution in [0.4, 0.5) is 10.5 Å². The number of imide groups is 2. The minimum absolute atomic E-state index is 0.168. The van der Waals surface area contributed by atoms with E-state index in [0.717, 1.165) is 10.5 Å². The van der Waals surface area contributed by atoms with Gasteiger partial charge in [0.1, 0.15) is 11.3 Å². The molecule has 0 atom stereocenters. The van der Waals surface area contributed by atoms with Crippen molar-refractivity contribution in [2.45, 2.75) is 13.3 Å². The summed E-state index contributed by atoms with van der Waals surface area (Å²) in [6, 6.07) is 15.4. The van der Waals surface area contributed by atoms with Crippen LogP contribution in [0.3, 0.4) is 0 Å². The Morgan fingerprint density at radius 2 is 1.71 bits per heavy atom. The van der Waals surface area contributed by atoms with Crippen molar-refractivity contribution in [1.29, 1.82) is 0 Å². The lowest BCUT2D eigenvalue weighted by atomic mass is 10.00. The number of hydrogen-bond acceptors (Lipinski definition) is 6. The zero-order valence-electron chi connectivity index (χ0n) is 20.4. The molecule has 1 aliphatic heterocycles. The van der Waals surface area contributed by atoms with Crippen molar-refractivity contribution in [3.63, 3.8) is 0 Å². The second kappa shape index (κ2) is 11.5. The molecule has 10 heteroatoms. The maximum atomic E-state index is 13.3. The van der Waals surface area contributed by atoms with Crippen LogP contribution in [0.5, 0.6) is 5.75 Å². The molecule has 1 saturated heterocycles. The number of benzene rings is 3. The number of nitrogens with one attached hydrogen (secondary N) is 1. The number of anilines is 1. The van der Waals surface area contributed by atoms with Crippen LogP contribution in [0, 0.1) is 0 Å². The van der Waals surface area contributed by atoms with Crippen molar-refractivity contribution >= 4 is 58.8 Å². The van der Waals surface area contributed by atoms with Crippen molar-refractivity contribution in [3.05, 3.63) is 98.5 Å². The molecule has 0 aliphatic carbocycles. The molecule has 8 nitrogen and oxygen atoms in total. The number of rotatable bonds is 7. The van der Waals surface area contributed by atoms with Gasteiger partial charge >= 0.3 is 12.0 Å². The molecule has 3 aromatic rings. The molecule has 0 radical (unpaired) electrons. The fraction of sp³-hybridized carbons (Fsp3) is 0.143. The molecular weight excluding hydrogens is 531 g/mol. The molecule has 1 heterocycles. The molecule has 1 aliphatic rings. The van der Waals surface area contributed by atoms with E-state index in [0.29, 0.717) is 39.9 Å². The lowest BCUT2D eigenvalue weighted by Crippen LogP contribution is -2.54. The summed E-state index contributed by atoms with van der Waals surface area (Å²) in [7, 11) is 1.24. The number of carbonyl (C=O) groups excluding carboxylic acids is 4. The van der Waals surface area contributed by atoms with Gasteiger partial charge in [0.25, 0.3) is 11.8 Å². The fourth-order valence-electron chi connectivity index (χ4n) is 3.93. The van der Waals surface area contributed by atoms with Crippen LogP contribution in [0.15, 0.2) is 66.2 Å². The third-order valence-electron chi connectivity index (χ3n) is 5.76. The van der Waals surface area contributed by atoms with Crippen molar-refractivity contribution in [1.82, 2.24) is 5.32 Å². The Balaban J connectivity index is 1.69. The van der Waals surface area contributed by atoms with E-state index in [2.05, 4.69) is 10.1 Å². The first kappa shape index (κ1) is 26.9. The molecule has 0 aromatic heterocycles. The number of urea groups is 1. The molecule has 0 saturated carbocycles. The van der Waals surface area contributed by atoms with E-state index in [1.54, 1.807) is 18.2 Å². The van der Waals surface area contributed by atoms with Crippen LogP contribution in [0.1, 0.15) is 34.0 Å². The molecule has 194 valence electrons. The molecule has 0 bridgehead atoms. The summed E-state index contributed by atoms with van der Waals surface area (Å²) in [5.41, 5.74) is 2.11. The first-order valence-electron chi connectivity index (χ1n) is 11.5. The molecule has 4 rings (SSSR count). The highest BCUT2D eigenvalue weighted by atomic mass is 35.5. The number of nitrogens with zero attached hydrogens (tertiary/aromatic N) is 1. The van der Waals surface area contributed by atoms with Gasteiger partial charge in [-0.05, 0) is 66.6 Å². The van der Waals surface area contributed by atoms with Gasteiger partial charge in [-0.3, -0.25) is 14.9 Å². The van der Waals surface area contributed by atoms with E-state index < -0.39 is 23.8 Å². The summed E-state index contributed by atoms with van der Waals surface area (Å²) in [6.45, 7) is 2.18. The van der Waals surface area contributed by atoms with Crippen LogP contribution in [0.25, 0.3) is 6.08 Å². The highest BCUT2D eigenvalue weighted by Gasteiger charge is 2.37. The van der Waals surface area contributed by atoms with Crippen LogP contribution in [0.2, 0.25) is 10.0 Å². The van der Waals surface area contributed by atoms with Gasteiger partial charge in [-0.15, -0.1) is 0 Å². The summed E-state index contributed by atoms with van der Waals surface area (Å²) in [4.78, 5) is 51.0. The topological polar surface area (TPSA) is 102 Å². The molecule has 4 amide bonds. The first-order valence-corrected chi connectivity index (χ1v) is 12.3. The Morgan fingerprint density at radius 3 is 2.37 bits per heavy atom. The number of esters is 1. The van der Waals surface area contributed by atoms with Crippen LogP contribution < -0.4 is 15.0 Å². The van der Waals surface area contributed by atoms with Gasteiger partial charge in [0.15, 0.2) is 0 Å². The van der Waals surface area contributed by atoms with Crippen LogP contribution in [-0.4, -0.2) is 37.5 Å². The highest BCUT2D eigenvalue weighted by molar-refractivity contribution is 6.39. The third-order valence-corrected chi connectivity index (χ3v) is 6.47. The SMILES string of the molecule is CCOc1cc(/C=C2\C(=O)NC(=O)N(c3ccc(C(=O)OC)cc3)C2=O)cc(Cl)c1Cc1ccccc1Cl. The smallest absolute Gasteiger partial charge is 0.337 e. The van der Waals surface area contributed by atoms with Gasteiger partial charge in [-0.25, -0.2) is 14.5 Å². The number of methoxy groups -OCH3 is 1. The number of ether oxygens (including phenoxy) is 2. The molecule has 1 fully saturated rings. The monoisotopic (exact) mass is 552 g/mol. The van der Waals surface area contributed by atoms with E-state index in [1.807, 2.05) is 25.1 Å². The minimum Gasteiger partial charge on any atom is -0.494 e. The third kappa shape index (κ3) is 5.56. The van der Waals surface area contributed by atoms with Crippen LogP contribution in [-0.2, 0) is 20.7 Å². The molecular formula is C28H22Cl2N2O6. The van der Waals surface area contributed by atoms with Gasteiger partial charge < -0.3 is 9.47 Å². The van der Waals surface area contributed by atoms with E-state index in [9.17, 15) is 19.2 Å². The van der Waals surface area contributed by atoms with Gasteiger partial charge in [-0.2, -0.15) is 0 Å². The second-order valence-electron chi connectivity index (χ2n) is 8.18. The van der Waals surface area contributed by atoms with Crippen molar-refractivity contribution in [2.24, 2.45) is 0 Å². The number of amides is 4. The van der Waals surface area contributed by atoms with E-state index >= 15 is 0 Å². The zero-order chi connectivity index (χ0) is 27.4.